The van der Waals surface area contributed by atoms with Crippen molar-refractivity contribution in [2.45, 2.75) is 12.8 Å². The van der Waals surface area contributed by atoms with E-state index in [9.17, 15) is 4.79 Å². The van der Waals surface area contributed by atoms with Crippen LogP contribution in [0.5, 0.6) is 0 Å². The van der Waals surface area contributed by atoms with E-state index in [1.807, 2.05) is 18.2 Å². The lowest BCUT2D eigenvalue weighted by Gasteiger charge is -2.32. The molecule has 2 nitrogen and oxygen atoms in total. The largest absolute Gasteiger partial charge is 0.377 e. The Morgan fingerprint density at radius 2 is 2.06 bits per heavy atom. The average molecular weight is 240 g/mol. The van der Waals surface area contributed by atoms with Gasteiger partial charge in [-0.3, -0.25) is 0 Å². The standard InChI is InChI=1S/C16H16O2/c1-12-9-14(13-5-3-2-4-6-13)15-10-18-8-7-16(12,15)11-17/h2-6,11H,1,7-10H2. The second-order valence-corrected chi connectivity index (χ2v) is 5.00. The number of aldehydes is 1. The first-order chi connectivity index (χ1) is 8.78. The molecule has 0 aromatic heterocycles. The average Bonchev–Trinajstić information content (AvgIpc) is 2.74. The molecule has 1 unspecified atom stereocenters. The van der Waals surface area contributed by atoms with E-state index in [4.69, 9.17) is 4.74 Å². The summed E-state index contributed by atoms with van der Waals surface area (Å²) in [5.41, 5.74) is 4.11. The molecule has 3 rings (SSSR count). The lowest BCUT2D eigenvalue weighted by atomic mass is 9.76. The number of ether oxygens (including phenoxy) is 1. The van der Waals surface area contributed by atoms with E-state index in [-0.39, 0.29) is 0 Å². The van der Waals surface area contributed by atoms with E-state index >= 15 is 0 Å². The monoisotopic (exact) mass is 240 g/mol. The van der Waals surface area contributed by atoms with Crippen molar-refractivity contribution in [3.63, 3.8) is 0 Å². The number of hydrogen-bond acceptors (Lipinski definition) is 2. The molecule has 0 saturated carbocycles. The molecule has 92 valence electrons. The minimum atomic E-state index is -0.455. The van der Waals surface area contributed by atoms with Crippen LogP contribution in [-0.4, -0.2) is 19.5 Å². The quantitative estimate of drug-likeness (QED) is 0.586. The van der Waals surface area contributed by atoms with Crippen molar-refractivity contribution in [1.82, 2.24) is 0 Å². The second-order valence-electron chi connectivity index (χ2n) is 5.00. The maximum Gasteiger partial charge on any atom is 0.134 e. The smallest absolute Gasteiger partial charge is 0.134 e. The number of fused-ring (bicyclic) bond motifs is 1. The van der Waals surface area contributed by atoms with Crippen LogP contribution in [0.1, 0.15) is 18.4 Å². The number of benzene rings is 1. The fourth-order valence-corrected chi connectivity index (χ4v) is 3.04. The predicted molar refractivity (Wildman–Crippen MR) is 71.1 cm³/mol. The normalized spacial score (nSPS) is 27.2. The molecule has 1 fully saturated rings. The van der Waals surface area contributed by atoms with Gasteiger partial charge in [-0.2, -0.15) is 0 Å². The highest BCUT2D eigenvalue weighted by Crippen LogP contribution is 2.52. The Labute approximate surface area is 107 Å². The number of hydrogen-bond donors (Lipinski definition) is 0. The highest BCUT2D eigenvalue weighted by atomic mass is 16.5. The van der Waals surface area contributed by atoms with Crippen molar-refractivity contribution in [3.05, 3.63) is 53.6 Å². The third-order valence-corrected chi connectivity index (χ3v) is 4.13. The highest BCUT2D eigenvalue weighted by Gasteiger charge is 2.45. The van der Waals surface area contributed by atoms with Crippen LogP contribution in [0.2, 0.25) is 0 Å². The Balaban J connectivity index is 2.14. The van der Waals surface area contributed by atoms with Gasteiger partial charge in [0.15, 0.2) is 0 Å². The van der Waals surface area contributed by atoms with Crippen molar-refractivity contribution in [2.24, 2.45) is 5.41 Å². The van der Waals surface area contributed by atoms with Crippen LogP contribution in [0.4, 0.5) is 0 Å². The van der Waals surface area contributed by atoms with Gasteiger partial charge in [-0.15, -0.1) is 0 Å². The van der Waals surface area contributed by atoms with Crippen LogP contribution >= 0.6 is 0 Å². The topological polar surface area (TPSA) is 26.3 Å². The minimum Gasteiger partial charge on any atom is -0.377 e. The summed E-state index contributed by atoms with van der Waals surface area (Å²) in [5, 5.41) is 0. The number of allylic oxidation sites excluding steroid dienone is 2. The fraction of sp³-hybridized carbons (Fsp3) is 0.312. The molecular formula is C16H16O2. The zero-order chi connectivity index (χ0) is 12.6. The summed E-state index contributed by atoms with van der Waals surface area (Å²) in [6, 6.07) is 10.2. The van der Waals surface area contributed by atoms with Crippen LogP contribution in [-0.2, 0) is 9.53 Å². The zero-order valence-corrected chi connectivity index (χ0v) is 10.3. The molecule has 0 amide bonds. The molecule has 2 heteroatoms. The SMILES string of the molecule is C=C1CC(c2ccccc2)=C2COCCC12C=O. The van der Waals surface area contributed by atoms with Crippen molar-refractivity contribution in [1.29, 1.82) is 0 Å². The van der Waals surface area contributed by atoms with Crippen molar-refractivity contribution >= 4 is 11.9 Å². The molecule has 1 atom stereocenters. The summed E-state index contributed by atoms with van der Waals surface area (Å²) in [6.45, 7) is 5.33. The molecule has 0 bridgehead atoms. The first kappa shape index (κ1) is 11.4. The highest BCUT2D eigenvalue weighted by molar-refractivity contribution is 5.86. The first-order valence-corrected chi connectivity index (χ1v) is 6.28. The van der Waals surface area contributed by atoms with E-state index in [1.165, 1.54) is 11.1 Å². The van der Waals surface area contributed by atoms with Gasteiger partial charge in [0.05, 0.1) is 12.0 Å². The van der Waals surface area contributed by atoms with Gasteiger partial charge in [-0.1, -0.05) is 42.5 Å². The van der Waals surface area contributed by atoms with Crippen LogP contribution in [0, 0.1) is 5.41 Å². The Kier molecular flexibility index (Phi) is 2.67. The maximum atomic E-state index is 11.6. The van der Waals surface area contributed by atoms with E-state index in [2.05, 4.69) is 18.7 Å². The number of rotatable bonds is 2. The van der Waals surface area contributed by atoms with Gasteiger partial charge in [-0.25, -0.2) is 0 Å². The van der Waals surface area contributed by atoms with Crippen LogP contribution < -0.4 is 0 Å². The summed E-state index contributed by atoms with van der Waals surface area (Å²) in [5.74, 6) is 0. The molecular weight excluding hydrogens is 224 g/mol. The molecule has 1 aliphatic heterocycles. The fourth-order valence-electron chi connectivity index (χ4n) is 3.04. The summed E-state index contributed by atoms with van der Waals surface area (Å²) in [6.07, 6.45) is 2.60. The summed E-state index contributed by atoms with van der Waals surface area (Å²) < 4.78 is 5.55. The maximum absolute atomic E-state index is 11.6. The van der Waals surface area contributed by atoms with Gasteiger partial charge in [0.1, 0.15) is 6.29 Å². The minimum absolute atomic E-state index is 0.455. The van der Waals surface area contributed by atoms with Gasteiger partial charge in [0, 0.05) is 6.61 Å². The van der Waals surface area contributed by atoms with Gasteiger partial charge < -0.3 is 9.53 Å². The second kappa shape index (κ2) is 4.21. The van der Waals surface area contributed by atoms with Gasteiger partial charge in [0.25, 0.3) is 0 Å². The van der Waals surface area contributed by atoms with Gasteiger partial charge in [-0.05, 0) is 29.6 Å². The molecule has 18 heavy (non-hydrogen) atoms. The summed E-state index contributed by atoms with van der Waals surface area (Å²) >= 11 is 0. The zero-order valence-electron chi connectivity index (χ0n) is 10.3. The van der Waals surface area contributed by atoms with Crippen molar-refractivity contribution in [2.75, 3.05) is 13.2 Å². The Bertz CT molecular complexity index is 527. The summed E-state index contributed by atoms with van der Waals surface area (Å²) in [7, 11) is 0. The van der Waals surface area contributed by atoms with Crippen molar-refractivity contribution < 1.29 is 9.53 Å². The lowest BCUT2D eigenvalue weighted by molar-refractivity contribution is -0.115. The van der Waals surface area contributed by atoms with Crippen LogP contribution in [0.3, 0.4) is 0 Å². The Hall–Kier alpha value is -1.67. The van der Waals surface area contributed by atoms with E-state index in [1.54, 1.807) is 0 Å². The Morgan fingerprint density at radius 3 is 2.78 bits per heavy atom. The molecule has 0 radical (unpaired) electrons. The van der Waals surface area contributed by atoms with E-state index < -0.39 is 5.41 Å². The number of carbonyl (C=O) groups excluding carboxylic acids is 1. The molecule has 1 aromatic rings. The molecule has 1 saturated heterocycles. The molecule has 1 heterocycles. The molecule has 0 spiro atoms. The number of carbonyl (C=O) groups is 1. The predicted octanol–water partition coefficient (Wildman–Crippen LogP) is 3.01. The third-order valence-electron chi connectivity index (χ3n) is 4.13. The molecule has 2 aliphatic rings. The first-order valence-electron chi connectivity index (χ1n) is 6.28. The molecule has 1 aromatic carbocycles. The van der Waals surface area contributed by atoms with Crippen molar-refractivity contribution in [3.8, 4) is 0 Å². The lowest BCUT2D eigenvalue weighted by Crippen LogP contribution is -2.32. The Morgan fingerprint density at radius 1 is 1.28 bits per heavy atom. The summed E-state index contributed by atoms with van der Waals surface area (Å²) in [4.78, 5) is 11.6. The van der Waals surface area contributed by atoms with Gasteiger partial charge in [0.2, 0.25) is 0 Å². The van der Waals surface area contributed by atoms with E-state index in [0.29, 0.717) is 13.2 Å². The molecule has 0 N–H and O–H groups in total. The van der Waals surface area contributed by atoms with Crippen LogP contribution in [0.15, 0.2) is 48.1 Å². The molecule has 1 aliphatic carbocycles. The van der Waals surface area contributed by atoms with Crippen LogP contribution in [0.25, 0.3) is 5.57 Å². The van der Waals surface area contributed by atoms with E-state index in [0.717, 1.165) is 30.3 Å². The third kappa shape index (κ3) is 1.49. The van der Waals surface area contributed by atoms with Gasteiger partial charge >= 0.3 is 0 Å².